The second kappa shape index (κ2) is 6.84. The van der Waals surface area contributed by atoms with E-state index < -0.39 is 0 Å². The van der Waals surface area contributed by atoms with Crippen LogP contribution < -0.4 is 11.1 Å². The van der Waals surface area contributed by atoms with Crippen molar-refractivity contribution in [2.24, 2.45) is 17.1 Å². The van der Waals surface area contributed by atoms with Crippen LogP contribution in [0.25, 0.3) is 0 Å². The zero-order valence-electron chi connectivity index (χ0n) is 12.7. The van der Waals surface area contributed by atoms with E-state index in [1.54, 1.807) is 0 Å². The summed E-state index contributed by atoms with van der Waals surface area (Å²) in [5.74, 6) is 0.380. The Balaban J connectivity index is 2.56. The van der Waals surface area contributed by atoms with Crippen molar-refractivity contribution in [2.45, 2.75) is 40.5 Å². The summed E-state index contributed by atoms with van der Waals surface area (Å²) in [6.07, 6.45) is 1.11. The topological polar surface area (TPSA) is 55.1 Å². The molecule has 3 nitrogen and oxygen atoms in total. The molecule has 0 saturated heterocycles. The molecule has 20 heavy (non-hydrogen) atoms. The number of hydrogen-bond donors (Lipinski definition) is 2. The summed E-state index contributed by atoms with van der Waals surface area (Å²) in [6.45, 7) is 8.55. The van der Waals surface area contributed by atoms with Crippen LogP contribution in [0.3, 0.4) is 0 Å². The zero-order valence-corrected chi connectivity index (χ0v) is 13.5. The largest absolute Gasteiger partial charge is 0.393 e. The van der Waals surface area contributed by atoms with Crippen LogP contribution >= 0.6 is 12.2 Å². The lowest BCUT2D eigenvalue weighted by Gasteiger charge is -2.26. The summed E-state index contributed by atoms with van der Waals surface area (Å²) in [7, 11) is 0. The molecule has 0 aliphatic heterocycles. The summed E-state index contributed by atoms with van der Waals surface area (Å²) in [6, 6.07) is 7.63. The third-order valence-electron chi connectivity index (χ3n) is 3.59. The van der Waals surface area contributed by atoms with Gasteiger partial charge in [-0.25, -0.2) is 0 Å². The molecule has 0 saturated carbocycles. The molecule has 1 atom stereocenters. The fourth-order valence-corrected chi connectivity index (χ4v) is 1.87. The molecule has 0 bridgehead atoms. The van der Waals surface area contributed by atoms with Crippen molar-refractivity contribution in [3.63, 3.8) is 0 Å². The first kappa shape index (κ1) is 16.6. The minimum Gasteiger partial charge on any atom is -0.393 e. The summed E-state index contributed by atoms with van der Waals surface area (Å²) in [5.41, 5.74) is 7.50. The highest BCUT2D eigenvalue weighted by molar-refractivity contribution is 7.80. The van der Waals surface area contributed by atoms with Crippen LogP contribution in [-0.4, -0.2) is 10.9 Å². The van der Waals surface area contributed by atoms with Crippen molar-refractivity contribution in [2.75, 3.05) is 5.32 Å². The Morgan fingerprint density at radius 2 is 1.85 bits per heavy atom. The van der Waals surface area contributed by atoms with Crippen molar-refractivity contribution >= 4 is 28.8 Å². The smallest absolute Gasteiger partial charge is 0.224 e. The number of nitrogens with two attached hydrogens (primary N) is 1. The Bertz CT molecular complexity index is 474. The van der Waals surface area contributed by atoms with Gasteiger partial charge in [0.15, 0.2) is 0 Å². The number of nitrogens with one attached hydrogen (secondary N) is 1. The van der Waals surface area contributed by atoms with Gasteiger partial charge in [-0.15, -0.1) is 0 Å². The van der Waals surface area contributed by atoms with Crippen LogP contribution in [0.1, 0.15) is 39.7 Å². The average Bonchev–Trinajstić information content (AvgIpc) is 2.29. The summed E-state index contributed by atoms with van der Waals surface area (Å²) >= 11 is 4.87. The van der Waals surface area contributed by atoms with E-state index in [2.05, 4.69) is 33.0 Å². The lowest BCUT2D eigenvalue weighted by Crippen LogP contribution is -2.23. The van der Waals surface area contributed by atoms with Gasteiger partial charge in [0.2, 0.25) is 5.91 Å². The van der Waals surface area contributed by atoms with Crippen molar-refractivity contribution in [3.05, 3.63) is 29.8 Å². The lowest BCUT2D eigenvalue weighted by atomic mass is 9.80. The number of hydrogen-bond acceptors (Lipinski definition) is 2. The molecule has 0 heterocycles. The summed E-state index contributed by atoms with van der Waals surface area (Å²) < 4.78 is 0. The third kappa shape index (κ3) is 5.70. The number of benzene rings is 1. The van der Waals surface area contributed by atoms with E-state index in [-0.39, 0.29) is 11.3 Å². The molecule has 0 fully saturated rings. The van der Waals surface area contributed by atoms with Crippen LogP contribution in [0.5, 0.6) is 0 Å². The van der Waals surface area contributed by atoms with E-state index in [0.717, 1.165) is 11.3 Å². The van der Waals surface area contributed by atoms with Gasteiger partial charge in [0.05, 0.1) is 4.99 Å². The van der Waals surface area contributed by atoms with Crippen molar-refractivity contribution in [1.82, 2.24) is 0 Å². The minimum absolute atomic E-state index is 0.0505. The second-order valence-corrected chi connectivity index (χ2v) is 6.88. The molecule has 0 radical (unpaired) electrons. The molecular formula is C16H24N2OS. The Morgan fingerprint density at radius 1 is 1.30 bits per heavy atom. The fraction of sp³-hybridized carbons (Fsp3) is 0.500. The van der Waals surface area contributed by atoms with Crippen molar-refractivity contribution in [3.8, 4) is 0 Å². The fourth-order valence-electron chi connectivity index (χ4n) is 1.70. The van der Waals surface area contributed by atoms with Gasteiger partial charge < -0.3 is 11.1 Å². The van der Waals surface area contributed by atoms with Gasteiger partial charge in [-0.1, -0.05) is 52.0 Å². The molecule has 1 rings (SSSR count). The monoisotopic (exact) mass is 292 g/mol. The van der Waals surface area contributed by atoms with Gasteiger partial charge in [-0.05, 0) is 29.0 Å². The Labute approximate surface area is 126 Å². The molecule has 0 aliphatic carbocycles. The number of rotatable bonds is 5. The summed E-state index contributed by atoms with van der Waals surface area (Å²) in [4.78, 5) is 12.5. The number of carbonyl (C=O) groups excluding carboxylic acids is 1. The maximum atomic E-state index is 12.0. The Hall–Kier alpha value is -1.42. The number of amides is 1. The molecule has 1 unspecified atom stereocenters. The highest BCUT2D eigenvalue weighted by Crippen LogP contribution is 2.28. The molecule has 1 amide bonds. The van der Waals surface area contributed by atoms with E-state index in [1.165, 1.54) is 0 Å². The number of thiocarbonyl (C=S) groups is 1. The highest BCUT2D eigenvalue weighted by atomic mass is 32.1. The van der Waals surface area contributed by atoms with E-state index in [4.69, 9.17) is 18.0 Å². The third-order valence-corrected chi connectivity index (χ3v) is 3.73. The molecular weight excluding hydrogens is 268 g/mol. The first-order valence-electron chi connectivity index (χ1n) is 6.85. The van der Waals surface area contributed by atoms with Gasteiger partial charge >= 0.3 is 0 Å². The highest BCUT2D eigenvalue weighted by Gasteiger charge is 2.22. The van der Waals surface area contributed by atoms with Gasteiger partial charge in [0.25, 0.3) is 0 Å². The first-order chi connectivity index (χ1) is 9.18. The van der Waals surface area contributed by atoms with Crippen molar-refractivity contribution < 1.29 is 4.79 Å². The molecule has 1 aromatic carbocycles. The Morgan fingerprint density at radius 3 is 2.30 bits per heavy atom. The van der Waals surface area contributed by atoms with E-state index in [1.807, 2.05) is 24.3 Å². The van der Waals surface area contributed by atoms with Crippen LogP contribution in [0.4, 0.5) is 5.69 Å². The first-order valence-corrected chi connectivity index (χ1v) is 7.26. The molecule has 0 aromatic heterocycles. The van der Waals surface area contributed by atoms with Crippen molar-refractivity contribution in [1.29, 1.82) is 0 Å². The average molecular weight is 292 g/mol. The second-order valence-electron chi connectivity index (χ2n) is 6.36. The lowest BCUT2D eigenvalue weighted by molar-refractivity contribution is -0.117. The quantitative estimate of drug-likeness (QED) is 0.816. The normalized spacial score (nSPS) is 12.8. The van der Waals surface area contributed by atoms with Crippen LogP contribution in [0.15, 0.2) is 24.3 Å². The van der Waals surface area contributed by atoms with Gasteiger partial charge in [-0.2, -0.15) is 0 Å². The predicted molar refractivity (Wildman–Crippen MR) is 88.8 cm³/mol. The van der Waals surface area contributed by atoms with Crippen LogP contribution in [0, 0.1) is 11.3 Å². The molecule has 0 spiro atoms. The molecule has 0 aliphatic rings. The standard InChI is InChI=1S/C16H24N2OS/c1-11(16(2,3)4)9-15(19)18-13-7-5-12(6-8-13)10-14(17)20/h5-8,11H,9-10H2,1-4H3,(H2,17,20)(H,18,19). The number of anilines is 1. The molecule has 3 N–H and O–H groups in total. The van der Waals surface area contributed by atoms with E-state index >= 15 is 0 Å². The maximum Gasteiger partial charge on any atom is 0.224 e. The number of carbonyl (C=O) groups is 1. The van der Waals surface area contributed by atoms with E-state index in [9.17, 15) is 4.79 Å². The summed E-state index contributed by atoms with van der Waals surface area (Å²) in [5, 5.41) is 2.92. The van der Waals surface area contributed by atoms with Gasteiger partial charge in [0.1, 0.15) is 0 Å². The zero-order chi connectivity index (χ0) is 15.3. The predicted octanol–water partition coefficient (Wildman–Crippen LogP) is 3.53. The van der Waals surface area contributed by atoms with E-state index in [0.29, 0.717) is 23.7 Å². The van der Waals surface area contributed by atoms with Gasteiger partial charge in [-0.3, -0.25) is 4.79 Å². The Kier molecular flexibility index (Phi) is 5.69. The van der Waals surface area contributed by atoms with Crippen LogP contribution in [-0.2, 0) is 11.2 Å². The minimum atomic E-state index is 0.0505. The molecule has 110 valence electrons. The maximum absolute atomic E-state index is 12.0. The van der Waals surface area contributed by atoms with Gasteiger partial charge in [0, 0.05) is 18.5 Å². The molecule has 4 heteroatoms. The van der Waals surface area contributed by atoms with Crippen LogP contribution in [0.2, 0.25) is 0 Å². The SMILES string of the molecule is CC(CC(=O)Nc1ccc(CC(N)=S)cc1)C(C)(C)C. The molecule has 1 aromatic rings.